The Labute approximate surface area is 204 Å². The molecule has 2 fully saturated rings. The average Bonchev–Trinajstić information content (AvgIpc) is 3.44. The van der Waals surface area contributed by atoms with Crippen LogP contribution in [0.25, 0.3) is 21.8 Å². The van der Waals surface area contributed by atoms with Gasteiger partial charge in [-0.05, 0) is 62.7 Å². The first-order chi connectivity index (χ1) is 17.1. The SMILES string of the molecule is COc1cc2c(Oc3ccc4[nH]c(C)cc4c3)ccnc2cc1OCCCN1CCC2(COC2)C1. The molecule has 2 aromatic heterocycles. The zero-order valence-corrected chi connectivity index (χ0v) is 20.3. The summed E-state index contributed by atoms with van der Waals surface area (Å²) in [5, 5.41) is 2.00. The fourth-order valence-corrected chi connectivity index (χ4v) is 5.25. The van der Waals surface area contributed by atoms with E-state index in [-0.39, 0.29) is 0 Å². The Morgan fingerprint density at radius 3 is 2.80 bits per heavy atom. The van der Waals surface area contributed by atoms with Gasteiger partial charge in [-0.1, -0.05) is 0 Å². The van der Waals surface area contributed by atoms with Crippen LogP contribution in [-0.4, -0.2) is 61.4 Å². The molecule has 7 heteroatoms. The van der Waals surface area contributed by atoms with Crippen molar-refractivity contribution >= 4 is 21.8 Å². The van der Waals surface area contributed by atoms with Crippen molar-refractivity contribution in [3.8, 4) is 23.0 Å². The normalized spacial score (nSPS) is 17.2. The Morgan fingerprint density at radius 2 is 2.00 bits per heavy atom. The lowest BCUT2D eigenvalue weighted by molar-refractivity contribution is -0.105. The molecule has 2 saturated heterocycles. The van der Waals surface area contributed by atoms with E-state index in [0.29, 0.717) is 23.5 Å². The van der Waals surface area contributed by atoms with Crippen molar-refractivity contribution in [3.05, 3.63) is 54.4 Å². The highest BCUT2D eigenvalue weighted by Gasteiger charge is 2.43. The summed E-state index contributed by atoms with van der Waals surface area (Å²) in [6.07, 6.45) is 3.98. The third kappa shape index (κ3) is 4.42. The van der Waals surface area contributed by atoms with E-state index in [4.69, 9.17) is 18.9 Å². The minimum atomic E-state index is 0.431. The van der Waals surface area contributed by atoms with E-state index in [0.717, 1.165) is 78.3 Å². The number of aromatic nitrogens is 2. The van der Waals surface area contributed by atoms with Gasteiger partial charge in [0.1, 0.15) is 11.5 Å². The van der Waals surface area contributed by atoms with Crippen LogP contribution < -0.4 is 14.2 Å². The van der Waals surface area contributed by atoms with Crippen molar-refractivity contribution < 1.29 is 18.9 Å². The van der Waals surface area contributed by atoms with Crippen LogP contribution in [0.3, 0.4) is 0 Å². The number of H-pyrrole nitrogens is 1. The number of methoxy groups -OCH3 is 1. The third-order valence-corrected chi connectivity index (χ3v) is 7.15. The monoisotopic (exact) mass is 473 g/mol. The van der Waals surface area contributed by atoms with Gasteiger partial charge in [-0.15, -0.1) is 0 Å². The maximum atomic E-state index is 6.27. The number of aromatic amines is 1. The van der Waals surface area contributed by atoms with Crippen molar-refractivity contribution in [1.82, 2.24) is 14.9 Å². The second-order valence-electron chi connectivity index (χ2n) is 9.85. The van der Waals surface area contributed by atoms with Crippen LogP contribution in [0.4, 0.5) is 0 Å². The number of hydrogen-bond acceptors (Lipinski definition) is 6. The number of ether oxygens (including phenoxy) is 4. The Balaban J connectivity index is 1.15. The highest BCUT2D eigenvalue weighted by molar-refractivity contribution is 5.88. The molecule has 0 saturated carbocycles. The van der Waals surface area contributed by atoms with E-state index in [9.17, 15) is 0 Å². The van der Waals surface area contributed by atoms with Crippen LogP contribution in [0.1, 0.15) is 18.5 Å². The summed E-state index contributed by atoms with van der Waals surface area (Å²) in [6, 6.07) is 13.9. The molecule has 4 aromatic rings. The summed E-state index contributed by atoms with van der Waals surface area (Å²) in [5.74, 6) is 2.90. The molecule has 0 radical (unpaired) electrons. The summed E-state index contributed by atoms with van der Waals surface area (Å²) in [5.41, 5.74) is 3.46. The van der Waals surface area contributed by atoms with E-state index >= 15 is 0 Å². The summed E-state index contributed by atoms with van der Waals surface area (Å²) in [7, 11) is 1.66. The topological polar surface area (TPSA) is 68.8 Å². The smallest absolute Gasteiger partial charge is 0.163 e. The van der Waals surface area contributed by atoms with Crippen LogP contribution in [0.5, 0.6) is 23.0 Å². The number of pyridine rings is 1. The predicted molar refractivity (Wildman–Crippen MR) is 136 cm³/mol. The van der Waals surface area contributed by atoms with Gasteiger partial charge >= 0.3 is 0 Å². The Morgan fingerprint density at radius 1 is 1.09 bits per heavy atom. The molecule has 7 nitrogen and oxygen atoms in total. The second kappa shape index (κ2) is 9.06. The molecule has 0 aliphatic carbocycles. The van der Waals surface area contributed by atoms with Crippen LogP contribution in [-0.2, 0) is 4.74 Å². The molecule has 0 bridgehead atoms. The maximum Gasteiger partial charge on any atom is 0.163 e. The molecule has 0 amide bonds. The van der Waals surface area contributed by atoms with Crippen molar-refractivity contribution in [2.24, 2.45) is 5.41 Å². The molecule has 2 aliphatic heterocycles. The first kappa shape index (κ1) is 22.2. The predicted octanol–water partition coefficient (Wildman–Crippen LogP) is 5.32. The molecule has 4 heterocycles. The quantitative estimate of drug-likeness (QED) is 0.350. The zero-order valence-electron chi connectivity index (χ0n) is 20.3. The van der Waals surface area contributed by atoms with Crippen LogP contribution in [0, 0.1) is 12.3 Å². The molecule has 2 aliphatic rings. The molecule has 1 N–H and O–H groups in total. The summed E-state index contributed by atoms with van der Waals surface area (Å²) >= 11 is 0. The number of rotatable bonds is 8. The minimum absolute atomic E-state index is 0.431. The molecular weight excluding hydrogens is 442 g/mol. The minimum Gasteiger partial charge on any atom is -0.493 e. The van der Waals surface area contributed by atoms with Gasteiger partial charge in [-0.25, -0.2) is 0 Å². The van der Waals surface area contributed by atoms with Crippen molar-refractivity contribution in [1.29, 1.82) is 0 Å². The van der Waals surface area contributed by atoms with Crippen LogP contribution >= 0.6 is 0 Å². The van der Waals surface area contributed by atoms with Gasteiger partial charge in [0, 0.05) is 52.8 Å². The first-order valence-corrected chi connectivity index (χ1v) is 12.3. The van der Waals surface area contributed by atoms with E-state index < -0.39 is 0 Å². The van der Waals surface area contributed by atoms with E-state index in [1.807, 2.05) is 36.4 Å². The fraction of sp³-hybridized carbons (Fsp3) is 0.393. The molecule has 182 valence electrons. The Hall–Kier alpha value is -3.29. The Bertz CT molecular complexity index is 1360. The Kier molecular flexibility index (Phi) is 5.74. The van der Waals surface area contributed by atoms with E-state index in [2.05, 4.69) is 27.9 Å². The standard InChI is InChI=1S/C28H31N3O4/c1-19-12-20-13-21(4-5-23(20)30-19)35-25-6-8-29-24-15-27(26(32-2)14-22(24)25)34-11-3-9-31-10-7-28(16-31)17-33-18-28/h4-6,8,12-15,30H,3,7,9-11,16-18H2,1-2H3. The number of nitrogens with one attached hydrogen (secondary N) is 1. The number of nitrogens with zero attached hydrogens (tertiary/aromatic N) is 2. The molecular formula is C28H31N3O4. The maximum absolute atomic E-state index is 6.27. The van der Waals surface area contributed by atoms with E-state index in [1.165, 1.54) is 6.42 Å². The molecule has 0 unspecified atom stereocenters. The molecule has 0 atom stereocenters. The number of benzene rings is 2. The van der Waals surface area contributed by atoms with Crippen molar-refractivity contribution in [3.63, 3.8) is 0 Å². The third-order valence-electron chi connectivity index (χ3n) is 7.15. The first-order valence-electron chi connectivity index (χ1n) is 12.3. The van der Waals surface area contributed by atoms with Gasteiger partial charge in [0.2, 0.25) is 0 Å². The summed E-state index contributed by atoms with van der Waals surface area (Å²) in [6.45, 7) is 7.88. The molecule has 1 spiro atoms. The lowest BCUT2D eigenvalue weighted by atomic mass is 9.85. The van der Waals surface area contributed by atoms with Gasteiger partial charge in [-0.2, -0.15) is 0 Å². The van der Waals surface area contributed by atoms with E-state index in [1.54, 1.807) is 13.3 Å². The van der Waals surface area contributed by atoms with Crippen molar-refractivity contribution in [2.75, 3.05) is 46.6 Å². The zero-order chi connectivity index (χ0) is 23.8. The summed E-state index contributed by atoms with van der Waals surface area (Å²) in [4.78, 5) is 10.4. The fourth-order valence-electron chi connectivity index (χ4n) is 5.25. The van der Waals surface area contributed by atoms with Gasteiger partial charge < -0.3 is 28.8 Å². The number of likely N-dealkylation sites (tertiary alicyclic amines) is 1. The highest BCUT2D eigenvalue weighted by Crippen LogP contribution is 2.39. The number of hydrogen-bond donors (Lipinski definition) is 1. The van der Waals surface area contributed by atoms with Crippen molar-refractivity contribution in [2.45, 2.75) is 19.8 Å². The highest BCUT2D eigenvalue weighted by atomic mass is 16.5. The molecule has 6 rings (SSSR count). The van der Waals surface area contributed by atoms with Crippen LogP contribution in [0.2, 0.25) is 0 Å². The molecule has 2 aromatic carbocycles. The van der Waals surface area contributed by atoms with Gasteiger partial charge in [-0.3, -0.25) is 4.98 Å². The largest absolute Gasteiger partial charge is 0.493 e. The average molecular weight is 474 g/mol. The van der Waals surface area contributed by atoms with Gasteiger partial charge in [0.25, 0.3) is 0 Å². The molecule has 35 heavy (non-hydrogen) atoms. The number of aryl methyl sites for hydroxylation is 1. The lowest BCUT2D eigenvalue weighted by Crippen LogP contribution is -2.44. The van der Waals surface area contributed by atoms with Crippen LogP contribution in [0.15, 0.2) is 48.7 Å². The second-order valence-corrected chi connectivity index (χ2v) is 9.85. The van der Waals surface area contributed by atoms with Gasteiger partial charge in [0.15, 0.2) is 11.5 Å². The summed E-state index contributed by atoms with van der Waals surface area (Å²) < 4.78 is 23.5. The van der Waals surface area contributed by atoms with Gasteiger partial charge in [0.05, 0.1) is 32.4 Å². The number of fused-ring (bicyclic) bond motifs is 2. The lowest BCUT2D eigenvalue weighted by Gasteiger charge is -2.37.